The number of benzene rings is 1. The van der Waals surface area contributed by atoms with E-state index in [1.807, 2.05) is 23.1 Å². The van der Waals surface area contributed by atoms with Crippen molar-refractivity contribution in [2.75, 3.05) is 54.0 Å². The van der Waals surface area contributed by atoms with Gasteiger partial charge in [0.2, 0.25) is 5.91 Å². The SMILES string of the molecule is COc1cccc2c1OCCCN(C(=O)CN1CC[C@H](N(C)C)C1)C2. The largest absolute Gasteiger partial charge is 0.493 e. The van der Waals surface area contributed by atoms with Crippen LogP contribution in [0.5, 0.6) is 11.5 Å². The van der Waals surface area contributed by atoms with Gasteiger partial charge < -0.3 is 19.3 Å². The van der Waals surface area contributed by atoms with Crippen molar-refractivity contribution >= 4 is 5.91 Å². The van der Waals surface area contributed by atoms with Gasteiger partial charge in [-0.3, -0.25) is 9.69 Å². The number of rotatable bonds is 4. The summed E-state index contributed by atoms with van der Waals surface area (Å²) in [5.41, 5.74) is 1.01. The third-order valence-electron chi connectivity index (χ3n) is 5.15. The molecular formula is C19H29N3O3. The maximum atomic E-state index is 12.9. The first-order valence-electron chi connectivity index (χ1n) is 9.03. The Kier molecular flexibility index (Phi) is 5.81. The lowest BCUT2D eigenvalue weighted by molar-refractivity contribution is -0.133. The number of methoxy groups -OCH3 is 1. The van der Waals surface area contributed by atoms with E-state index in [0.717, 1.165) is 49.5 Å². The second-order valence-electron chi connectivity index (χ2n) is 7.11. The summed E-state index contributed by atoms with van der Waals surface area (Å²) in [5.74, 6) is 1.71. The van der Waals surface area contributed by atoms with E-state index in [9.17, 15) is 4.79 Å². The van der Waals surface area contributed by atoms with E-state index in [4.69, 9.17) is 9.47 Å². The molecule has 2 aliphatic rings. The van der Waals surface area contributed by atoms with Crippen LogP contribution in [0.15, 0.2) is 18.2 Å². The van der Waals surface area contributed by atoms with E-state index in [1.165, 1.54) is 0 Å². The highest BCUT2D eigenvalue weighted by Crippen LogP contribution is 2.33. The molecule has 138 valence electrons. The van der Waals surface area contributed by atoms with Crippen LogP contribution in [0.3, 0.4) is 0 Å². The molecule has 6 nitrogen and oxygen atoms in total. The number of ether oxygens (including phenoxy) is 2. The number of fused-ring (bicyclic) bond motifs is 1. The standard InChI is InChI=1S/C19H29N3O3/c1-20(2)16-8-10-21(13-16)14-18(23)22-9-5-11-25-19-15(12-22)6-4-7-17(19)24-3/h4,6-7,16H,5,8-14H2,1-3H3/t16-/m0/s1. The molecule has 2 heterocycles. The van der Waals surface area contributed by atoms with E-state index in [0.29, 0.717) is 25.7 Å². The van der Waals surface area contributed by atoms with Gasteiger partial charge in [-0.2, -0.15) is 0 Å². The van der Waals surface area contributed by atoms with Crippen LogP contribution in [-0.4, -0.2) is 80.6 Å². The zero-order valence-corrected chi connectivity index (χ0v) is 15.5. The van der Waals surface area contributed by atoms with Gasteiger partial charge in [-0.05, 0) is 33.0 Å². The fraction of sp³-hybridized carbons (Fsp3) is 0.632. The Morgan fingerprint density at radius 2 is 2.20 bits per heavy atom. The maximum absolute atomic E-state index is 12.9. The molecule has 0 aromatic heterocycles. The quantitative estimate of drug-likeness (QED) is 0.825. The van der Waals surface area contributed by atoms with E-state index in [1.54, 1.807) is 7.11 Å². The van der Waals surface area contributed by atoms with Gasteiger partial charge in [0.1, 0.15) is 0 Å². The van der Waals surface area contributed by atoms with Crippen molar-refractivity contribution in [3.63, 3.8) is 0 Å². The predicted molar refractivity (Wildman–Crippen MR) is 97.1 cm³/mol. The van der Waals surface area contributed by atoms with Crippen molar-refractivity contribution in [3.8, 4) is 11.5 Å². The highest BCUT2D eigenvalue weighted by Gasteiger charge is 2.27. The summed E-state index contributed by atoms with van der Waals surface area (Å²) < 4.78 is 11.3. The molecule has 0 unspecified atom stereocenters. The number of hydrogen-bond donors (Lipinski definition) is 0. The third-order valence-corrected chi connectivity index (χ3v) is 5.15. The zero-order chi connectivity index (χ0) is 17.8. The first kappa shape index (κ1) is 18.0. The lowest BCUT2D eigenvalue weighted by Crippen LogP contribution is -2.41. The number of hydrogen-bond acceptors (Lipinski definition) is 5. The molecule has 1 fully saturated rings. The molecule has 1 saturated heterocycles. The molecule has 3 rings (SSSR count). The topological polar surface area (TPSA) is 45.3 Å². The molecule has 0 aliphatic carbocycles. The van der Waals surface area contributed by atoms with Crippen LogP contribution in [0.2, 0.25) is 0 Å². The van der Waals surface area contributed by atoms with Crippen LogP contribution in [0.25, 0.3) is 0 Å². The average molecular weight is 347 g/mol. The van der Waals surface area contributed by atoms with Gasteiger partial charge >= 0.3 is 0 Å². The van der Waals surface area contributed by atoms with Crippen molar-refractivity contribution in [2.24, 2.45) is 0 Å². The molecule has 0 bridgehead atoms. The molecule has 1 aromatic rings. The van der Waals surface area contributed by atoms with Crippen LogP contribution >= 0.6 is 0 Å². The minimum absolute atomic E-state index is 0.204. The molecule has 1 atom stereocenters. The van der Waals surface area contributed by atoms with Gasteiger partial charge in [0.15, 0.2) is 11.5 Å². The summed E-state index contributed by atoms with van der Waals surface area (Å²) in [5, 5.41) is 0. The van der Waals surface area contributed by atoms with Crippen molar-refractivity contribution < 1.29 is 14.3 Å². The Morgan fingerprint density at radius 1 is 1.36 bits per heavy atom. The fourth-order valence-electron chi connectivity index (χ4n) is 3.61. The number of para-hydroxylation sites is 1. The zero-order valence-electron chi connectivity index (χ0n) is 15.5. The molecule has 6 heteroatoms. The number of likely N-dealkylation sites (tertiary alicyclic amines) is 1. The second kappa shape index (κ2) is 8.06. The molecular weight excluding hydrogens is 318 g/mol. The first-order valence-corrected chi connectivity index (χ1v) is 9.03. The lowest BCUT2D eigenvalue weighted by Gasteiger charge is -2.29. The van der Waals surface area contributed by atoms with Gasteiger partial charge in [0, 0.05) is 37.8 Å². The number of carbonyl (C=O) groups is 1. The minimum atomic E-state index is 0.204. The van der Waals surface area contributed by atoms with Crippen molar-refractivity contribution in [3.05, 3.63) is 23.8 Å². The fourth-order valence-corrected chi connectivity index (χ4v) is 3.61. The van der Waals surface area contributed by atoms with Gasteiger partial charge in [0.25, 0.3) is 0 Å². The first-order chi connectivity index (χ1) is 12.1. The number of amides is 1. The smallest absolute Gasteiger partial charge is 0.237 e. The molecule has 2 aliphatic heterocycles. The maximum Gasteiger partial charge on any atom is 0.237 e. The minimum Gasteiger partial charge on any atom is -0.493 e. The number of nitrogens with zero attached hydrogens (tertiary/aromatic N) is 3. The summed E-state index contributed by atoms with van der Waals surface area (Å²) >= 11 is 0. The molecule has 25 heavy (non-hydrogen) atoms. The monoisotopic (exact) mass is 347 g/mol. The highest BCUT2D eigenvalue weighted by atomic mass is 16.5. The van der Waals surface area contributed by atoms with Crippen LogP contribution in [-0.2, 0) is 11.3 Å². The molecule has 0 saturated carbocycles. The third kappa shape index (κ3) is 4.25. The van der Waals surface area contributed by atoms with E-state index >= 15 is 0 Å². The Balaban J connectivity index is 1.66. The van der Waals surface area contributed by atoms with Crippen LogP contribution in [0.1, 0.15) is 18.4 Å². The van der Waals surface area contributed by atoms with Crippen LogP contribution in [0.4, 0.5) is 0 Å². The Bertz CT molecular complexity index is 606. The molecule has 1 amide bonds. The predicted octanol–water partition coefficient (Wildman–Crippen LogP) is 1.44. The molecule has 1 aromatic carbocycles. The Hall–Kier alpha value is -1.79. The van der Waals surface area contributed by atoms with Crippen LogP contribution < -0.4 is 9.47 Å². The number of likely N-dealkylation sites (N-methyl/N-ethyl adjacent to an activating group) is 1. The van der Waals surface area contributed by atoms with Gasteiger partial charge in [-0.25, -0.2) is 0 Å². The van der Waals surface area contributed by atoms with Gasteiger partial charge in [-0.1, -0.05) is 12.1 Å². The van der Waals surface area contributed by atoms with Crippen molar-refractivity contribution in [2.45, 2.75) is 25.4 Å². The molecule has 0 spiro atoms. The summed E-state index contributed by atoms with van der Waals surface area (Å²) in [4.78, 5) is 19.3. The van der Waals surface area contributed by atoms with Gasteiger partial charge in [0.05, 0.1) is 20.3 Å². The van der Waals surface area contributed by atoms with Gasteiger partial charge in [-0.15, -0.1) is 0 Å². The number of carbonyl (C=O) groups excluding carboxylic acids is 1. The summed E-state index contributed by atoms with van der Waals surface area (Å²) in [6, 6.07) is 6.42. The highest BCUT2D eigenvalue weighted by molar-refractivity contribution is 5.78. The van der Waals surface area contributed by atoms with Crippen LogP contribution in [0, 0.1) is 0 Å². The summed E-state index contributed by atoms with van der Waals surface area (Å²) in [6.45, 7) is 4.39. The molecule has 0 radical (unpaired) electrons. The van der Waals surface area contributed by atoms with Crippen molar-refractivity contribution in [1.82, 2.24) is 14.7 Å². The lowest BCUT2D eigenvalue weighted by atomic mass is 10.1. The Morgan fingerprint density at radius 3 is 2.92 bits per heavy atom. The summed E-state index contributed by atoms with van der Waals surface area (Å²) in [6.07, 6.45) is 1.97. The Labute approximate surface area is 150 Å². The normalized spacial score (nSPS) is 21.4. The van der Waals surface area contributed by atoms with Crippen molar-refractivity contribution in [1.29, 1.82) is 0 Å². The second-order valence-corrected chi connectivity index (χ2v) is 7.11. The van der Waals surface area contributed by atoms with E-state index in [-0.39, 0.29) is 5.91 Å². The summed E-state index contributed by atoms with van der Waals surface area (Å²) in [7, 11) is 5.87. The van der Waals surface area contributed by atoms with E-state index < -0.39 is 0 Å². The average Bonchev–Trinajstić information content (AvgIpc) is 3.03. The van der Waals surface area contributed by atoms with E-state index in [2.05, 4.69) is 23.9 Å². The molecule has 0 N–H and O–H groups in total.